The Hall–Kier alpha value is -3.05. The lowest BCUT2D eigenvalue weighted by molar-refractivity contribution is -0.174. The number of carbonyl (C=O) groups excluding carboxylic acids is 1. The SMILES string of the molecule is CC1SC2C(C(c3ccc(OC4CN(CC5CCN(C6NCC(C(=O)NC7C(C)(C)C(Oc8ccc(C#N)c(Cl)c8)C7(C)C)CN6)CC5)C4)cc3)=N[C@H](CC3NCCO3)C3NNC(C)N23)C1C. The Morgan fingerprint density at radius 2 is 1.70 bits per heavy atom. The van der Waals surface area contributed by atoms with Crippen LogP contribution in [-0.2, 0) is 9.53 Å². The number of nitrogens with one attached hydrogen (secondary N) is 6. The van der Waals surface area contributed by atoms with Crippen molar-refractivity contribution in [2.45, 2.75) is 127 Å². The van der Waals surface area contributed by atoms with Gasteiger partial charge >= 0.3 is 0 Å². The molecule has 2 aromatic carbocycles. The minimum absolute atomic E-state index is 0.0246. The van der Waals surface area contributed by atoms with E-state index in [4.69, 9.17) is 30.8 Å². The highest BCUT2D eigenvalue weighted by Crippen LogP contribution is 2.56. The molecule has 1 saturated carbocycles. The third-order valence-electron chi connectivity index (χ3n) is 16.5. The molecule has 0 spiro atoms. The molecule has 2 aromatic rings. The molecule has 7 aliphatic heterocycles. The molecule has 6 saturated heterocycles. The van der Waals surface area contributed by atoms with Gasteiger partial charge in [0.25, 0.3) is 0 Å². The van der Waals surface area contributed by atoms with Gasteiger partial charge in [0.1, 0.15) is 42.3 Å². The number of aliphatic imine (C=N–C) groups is 1. The number of nitrogens with zero attached hydrogens (tertiary/aromatic N) is 5. The van der Waals surface area contributed by atoms with Crippen molar-refractivity contribution in [2.24, 2.45) is 39.5 Å². The summed E-state index contributed by atoms with van der Waals surface area (Å²) in [7, 11) is 0. The number of benzene rings is 2. The van der Waals surface area contributed by atoms with Crippen molar-refractivity contribution in [3.05, 3.63) is 58.6 Å². The number of piperidine rings is 1. The van der Waals surface area contributed by atoms with Gasteiger partial charge in [-0.05, 0) is 73.6 Å². The van der Waals surface area contributed by atoms with Crippen molar-refractivity contribution < 1.29 is 19.0 Å². The summed E-state index contributed by atoms with van der Waals surface area (Å²) in [5, 5.41) is 24.7. The average Bonchev–Trinajstić information content (AvgIpc) is 4.02. The first kappa shape index (κ1) is 47.6. The Morgan fingerprint density at radius 3 is 2.37 bits per heavy atom. The van der Waals surface area contributed by atoms with Gasteiger partial charge in [-0.3, -0.25) is 40.4 Å². The largest absolute Gasteiger partial charge is 0.489 e. The lowest BCUT2D eigenvalue weighted by atomic mass is 9.49. The molecule has 7 heterocycles. The Labute approximate surface area is 406 Å². The lowest BCUT2D eigenvalue weighted by Gasteiger charge is -2.63. The minimum Gasteiger partial charge on any atom is -0.489 e. The molecule has 0 aromatic heterocycles. The maximum atomic E-state index is 13.7. The average molecular weight is 959 g/mol. The van der Waals surface area contributed by atoms with Crippen LogP contribution in [0.1, 0.15) is 78.9 Å². The van der Waals surface area contributed by atoms with E-state index in [0.717, 1.165) is 70.9 Å². The zero-order chi connectivity index (χ0) is 46.8. The van der Waals surface area contributed by atoms with Gasteiger partial charge in [-0.1, -0.05) is 53.1 Å². The summed E-state index contributed by atoms with van der Waals surface area (Å²) in [6.07, 6.45) is 3.64. The highest BCUT2D eigenvalue weighted by molar-refractivity contribution is 8.00. The number of thioether (sulfide) groups is 1. The first-order valence-corrected chi connectivity index (χ1v) is 26.2. The van der Waals surface area contributed by atoms with E-state index >= 15 is 0 Å². The van der Waals surface area contributed by atoms with E-state index in [1.807, 2.05) is 0 Å². The molecule has 364 valence electrons. The number of hydrazine groups is 1. The van der Waals surface area contributed by atoms with Crippen LogP contribution >= 0.6 is 23.4 Å². The number of likely N-dealkylation sites (tertiary alicyclic amines) is 2. The standard InChI is InChI=1S/C50H72ClN11O4S/c1-28-29(2)67-45-41(28)42(56-39(21-40-53-16-19-64-40)43-59-58-30(3)62(43)45)32-8-11-35(12-9-32)65-37-26-60(27-37)25-31-14-17-61(18-15-31)48-54-23-34(24-55-48)44(63)57-46-49(4,5)47(50(46,6)7)66-36-13-10-33(22-52)38(51)20-36/h8-13,20,28-31,34,37,39-41,43,45-48,53-55,58-59H,14-19,21,23-27H2,1-7H3,(H,57,63)/t28?,29?,30?,34?,39-,40?,41?,43?,45?,46?,47?,48?/m1/s1. The Kier molecular flexibility index (Phi) is 13.7. The van der Waals surface area contributed by atoms with Crippen LogP contribution in [0.3, 0.4) is 0 Å². The summed E-state index contributed by atoms with van der Waals surface area (Å²) < 4.78 is 19.0. The smallest absolute Gasteiger partial charge is 0.225 e. The molecule has 1 amide bonds. The van der Waals surface area contributed by atoms with Gasteiger partial charge < -0.3 is 19.5 Å². The van der Waals surface area contributed by atoms with Crippen LogP contribution in [0.4, 0.5) is 0 Å². The Morgan fingerprint density at radius 1 is 0.985 bits per heavy atom. The molecular weight excluding hydrogens is 886 g/mol. The first-order chi connectivity index (χ1) is 32.2. The molecule has 6 N–H and O–H groups in total. The van der Waals surface area contributed by atoms with Gasteiger partial charge in [0.05, 0.1) is 46.9 Å². The fourth-order valence-corrected chi connectivity index (χ4v) is 14.9. The second-order valence-corrected chi connectivity index (χ2v) is 23.7. The summed E-state index contributed by atoms with van der Waals surface area (Å²) in [6, 6.07) is 16.1. The molecular formula is C50H72ClN11O4S. The Balaban J connectivity index is 0.660. The van der Waals surface area contributed by atoms with Crippen molar-refractivity contribution in [1.82, 2.24) is 46.8 Å². The predicted molar refractivity (Wildman–Crippen MR) is 262 cm³/mol. The molecule has 10 rings (SSSR count). The van der Waals surface area contributed by atoms with Crippen molar-refractivity contribution in [3.8, 4) is 17.6 Å². The third-order valence-corrected chi connectivity index (χ3v) is 18.5. The van der Waals surface area contributed by atoms with Crippen LogP contribution in [0.5, 0.6) is 11.5 Å². The minimum atomic E-state index is -0.303. The fraction of sp³-hybridized carbons (Fsp3) is 0.700. The maximum absolute atomic E-state index is 13.7. The van der Waals surface area contributed by atoms with Gasteiger partial charge in [-0.25, -0.2) is 10.9 Å². The lowest BCUT2D eigenvalue weighted by Crippen LogP contribution is -2.75. The molecule has 1 aliphatic carbocycles. The van der Waals surface area contributed by atoms with Crippen LogP contribution in [0.15, 0.2) is 47.5 Å². The number of amides is 1. The summed E-state index contributed by atoms with van der Waals surface area (Å²) in [5.74, 6) is 2.96. The number of ether oxygens (including phenoxy) is 3. The second-order valence-electron chi connectivity index (χ2n) is 21.8. The van der Waals surface area contributed by atoms with Gasteiger partial charge in [-0.15, -0.1) is 11.8 Å². The van der Waals surface area contributed by atoms with E-state index in [1.165, 1.54) is 11.3 Å². The number of carbonyl (C=O) groups is 1. The van der Waals surface area contributed by atoms with Crippen molar-refractivity contribution in [2.75, 3.05) is 59.0 Å². The highest BCUT2D eigenvalue weighted by Gasteiger charge is 2.64. The molecule has 8 aliphatic rings. The second kappa shape index (κ2) is 19.3. The number of hydrogen-bond acceptors (Lipinski definition) is 15. The van der Waals surface area contributed by atoms with Crippen LogP contribution < -0.4 is 41.6 Å². The molecule has 7 unspecified atom stereocenters. The van der Waals surface area contributed by atoms with Crippen LogP contribution in [-0.4, -0.2) is 145 Å². The van der Waals surface area contributed by atoms with E-state index in [0.29, 0.717) is 57.8 Å². The van der Waals surface area contributed by atoms with E-state index in [2.05, 4.69) is 137 Å². The van der Waals surface area contributed by atoms with Gasteiger partial charge in [0.2, 0.25) is 5.91 Å². The van der Waals surface area contributed by atoms with Crippen molar-refractivity contribution in [1.29, 1.82) is 5.26 Å². The van der Waals surface area contributed by atoms with Gasteiger partial charge in [0, 0.05) is 98.6 Å². The van der Waals surface area contributed by atoms with Crippen molar-refractivity contribution in [3.63, 3.8) is 0 Å². The summed E-state index contributed by atoms with van der Waals surface area (Å²) in [4.78, 5) is 27.0. The van der Waals surface area contributed by atoms with E-state index < -0.39 is 0 Å². The summed E-state index contributed by atoms with van der Waals surface area (Å²) in [5.41, 5.74) is 9.39. The van der Waals surface area contributed by atoms with Crippen LogP contribution in [0.25, 0.3) is 0 Å². The molecule has 67 heavy (non-hydrogen) atoms. The van der Waals surface area contributed by atoms with Gasteiger partial charge in [-0.2, -0.15) is 5.26 Å². The zero-order valence-corrected chi connectivity index (χ0v) is 41.8. The third kappa shape index (κ3) is 9.37. The van der Waals surface area contributed by atoms with E-state index in [1.54, 1.807) is 18.2 Å². The predicted octanol–water partition coefficient (Wildman–Crippen LogP) is 4.38. The summed E-state index contributed by atoms with van der Waals surface area (Å²) in [6.45, 7) is 23.6. The fourth-order valence-electron chi connectivity index (χ4n) is 12.9. The molecule has 15 nitrogen and oxygen atoms in total. The number of hydrogen-bond donors (Lipinski definition) is 6. The van der Waals surface area contributed by atoms with Crippen LogP contribution in [0.2, 0.25) is 5.02 Å². The van der Waals surface area contributed by atoms with Gasteiger partial charge in [0.15, 0.2) is 0 Å². The first-order valence-electron chi connectivity index (χ1n) is 24.9. The molecule has 17 heteroatoms. The molecule has 7 fully saturated rings. The van der Waals surface area contributed by atoms with Crippen molar-refractivity contribution >= 4 is 35.0 Å². The zero-order valence-electron chi connectivity index (χ0n) is 40.3. The Bertz CT molecular complexity index is 2150. The number of fused-ring (bicyclic) bond motifs is 3. The van der Waals surface area contributed by atoms with E-state index in [-0.39, 0.29) is 71.8 Å². The number of halogens is 1. The molecule has 0 bridgehead atoms. The summed E-state index contributed by atoms with van der Waals surface area (Å²) >= 11 is 8.39. The number of rotatable bonds is 12. The van der Waals surface area contributed by atoms with Crippen LogP contribution in [0, 0.1) is 45.8 Å². The molecule has 8 atom stereocenters. The molecule has 0 radical (unpaired) electrons. The quantitative estimate of drug-likeness (QED) is 0.178. The normalized spacial score (nSPS) is 36.7. The van der Waals surface area contributed by atoms with E-state index in [9.17, 15) is 10.1 Å². The highest BCUT2D eigenvalue weighted by atomic mass is 35.5. The monoisotopic (exact) mass is 958 g/mol. The number of nitriles is 1. The topological polar surface area (TPSA) is 163 Å². The maximum Gasteiger partial charge on any atom is 0.225 e.